The molecule has 0 aliphatic rings. The van der Waals surface area contributed by atoms with Crippen LogP contribution in [0.4, 0.5) is 0 Å². The predicted octanol–water partition coefficient (Wildman–Crippen LogP) is 2.45. The summed E-state index contributed by atoms with van der Waals surface area (Å²) in [5.41, 5.74) is 7.47. The van der Waals surface area contributed by atoms with E-state index in [4.69, 9.17) is 10.9 Å². The number of hydrogen-bond donors (Lipinski definition) is 3. The van der Waals surface area contributed by atoms with Gasteiger partial charge >= 0.3 is 0 Å². The Balaban J connectivity index is 2.62. The van der Waals surface area contributed by atoms with Gasteiger partial charge in [-0.05, 0) is 24.5 Å². The van der Waals surface area contributed by atoms with Crippen LogP contribution in [0.1, 0.15) is 44.2 Å². The van der Waals surface area contributed by atoms with Crippen molar-refractivity contribution in [3.63, 3.8) is 0 Å². The smallest absolute Gasteiger partial charge is 0.170 e. The standard InChI is InChI=1S/C14H23N3O/c1-3-6-13(4-2)16-10-11-7-5-8-12(9-11)14(15)17-18/h5,7-9,13,16,18H,3-4,6,10H2,1-2H3,(H2,15,17). The molecule has 0 saturated heterocycles. The second-order valence-electron chi connectivity index (χ2n) is 4.46. The molecule has 0 radical (unpaired) electrons. The third kappa shape index (κ3) is 4.37. The average Bonchev–Trinajstić information content (AvgIpc) is 2.42. The lowest BCUT2D eigenvalue weighted by atomic mass is 10.1. The second-order valence-corrected chi connectivity index (χ2v) is 4.46. The highest BCUT2D eigenvalue weighted by atomic mass is 16.4. The van der Waals surface area contributed by atoms with Crippen LogP contribution in [0.3, 0.4) is 0 Å². The number of rotatable bonds is 7. The molecule has 100 valence electrons. The molecule has 4 nitrogen and oxygen atoms in total. The van der Waals surface area contributed by atoms with E-state index in [1.165, 1.54) is 12.8 Å². The molecule has 1 aromatic carbocycles. The third-order valence-electron chi connectivity index (χ3n) is 3.06. The fourth-order valence-electron chi connectivity index (χ4n) is 1.96. The van der Waals surface area contributed by atoms with Crippen LogP contribution < -0.4 is 11.1 Å². The van der Waals surface area contributed by atoms with Gasteiger partial charge < -0.3 is 16.3 Å². The normalized spacial score (nSPS) is 13.6. The van der Waals surface area contributed by atoms with Crippen molar-refractivity contribution < 1.29 is 5.21 Å². The quantitative estimate of drug-likeness (QED) is 0.301. The van der Waals surface area contributed by atoms with E-state index in [2.05, 4.69) is 24.3 Å². The Hall–Kier alpha value is -1.55. The topological polar surface area (TPSA) is 70.6 Å². The van der Waals surface area contributed by atoms with Crippen LogP contribution in [0.2, 0.25) is 0 Å². The van der Waals surface area contributed by atoms with Crippen molar-refractivity contribution in [2.45, 2.75) is 45.7 Å². The van der Waals surface area contributed by atoms with Crippen LogP contribution in [0.5, 0.6) is 0 Å². The van der Waals surface area contributed by atoms with E-state index < -0.39 is 0 Å². The zero-order valence-corrected chi connectivity index (χ0v) is 11.2. The Morgan fingerprint density at radius 1 is 1.44 bits per heavy atom. The molecule has 18 heavy (non-hydrogen) atoms. The zero-order chi connectivity index (χ0) is 13.4. The summed E-state index contributed by atoms with van der Waals surface area (Å²) in [5.74, 6) is 0.150. The minimum absolute atomic E-state index is 0.150. The summed E-state index contributed by atoms with van der Waals surface area (Å²) in [5, 5.41) is 15.2. The van der Waals surface area contributed by atoms with Gasteiger partial charge in [0.25, 0.3) is 0 Å². The maximum Gasteiger partial charge on any atom is 0.170 e. The molecule has 1 aromatic rings. The molecular formula is C14H23N3O. The largest absolute Gasteiger partial charge is 0.409 e. The first-order chi connectivity index (χ1) is 8.71. The highest BCUT2D eigenvalue weighted by Crippen LogP contribution is 2.07. The van der Waals surface area contributed by atoms with Gasteiger partial charge in [0.15, 0.2) is 5.84 Å². The molecule has 0 heterocycles. The molecule has 0 saturated carbocycles. The number of oxime groups is 1. The first kappa shape index (κ1) is 14.5. The van der Waals surface area contributed by atoms with Crippen LogP contribution in [0.15, 0.2) is 29.4 Å². The van der Waals surface area contributed by atoms with Crippen LogP contribution in [-0.2, 0) is 6.54 Å². The summed E-state index contributed by atoms with van der Waals surface area (Å²) in [4.78, 5) is 0. The van der Waals surface area contributed by atoms with Crippen molar-refractivity contribution in [1.29, 1.82) is 0 Å². The maximum absolute atomic E-state index is 8.65. The van der Waals surface area contributed by atoms with Gasteiger partial charge in [-0.15, -0.1) is 0 Å². The molecular weight excluding hydrogens is 226 g/mol. The summed E-state index contributed by atoms with van der Waals surface area (Å²) < 4.78 is 0. The van der Waals surface area contributed by atoms with E-state index in [9.17, 15) is 0 Å². The van der Waals surface area contributed by atoms with Gasteiger partial charge in [-0.3, -0.25) is 0 Å². The molecule has 0 amide bonds. The Bertz CT molecular complexity index is 390. The molecule has 1 atom stereocenters. The van der Waals surface area contributed by atoms with E-state index in [1.807, 2.05) is 24.3 Å². The van der Waals surface area contributed by atoms with E-state index in [1.54, 1.807) is 0 Å². The Kier molecular flexibility index (Phi) is 6.22. The fourth-order valence-corrected chi connectivity index (χ4v) is 1.96. The number of hydrogen-bond acceptors (Lipinski definition) is 3. The summed E-state index contributed by atoms with van der Waals surface area (Å²) >= 11 is 0. The van der Waals surface area contributed by atoms with Crippen molar-refractivity contribution in [2.24, 2.45) is 10.9 Å². The van der Waals surface area contributed by atoms with Crippen molar-refractivity contribution >= 4 is 5.84 Å². The monoisotopic (exact) mass is 249 g/mol. The number of nitrogens with two attached hydrogens (primary N) is 1. The summed E-state index contributed by atoms with van der Waals surface area (Å²) in [7, 11) is 0. The van der Waals surface area contributed by atoms with E-state index in [0.29, 0.717) is 6.04 Å². The fraction of sp³-hybridized carbons (Fsp3) is 0.500. The number of nitrogens with zero attached hydrogens (tertiary/aromatic N) is 1. The number of nitrogens with one attached hydrogen (secondary N) is 1. The molecule has 0 spiro atoms. The summed E-state index contributed by atoms with van der Waals surface area (Å²) in [6.07, 6.45) is 3.51. The molecule has 0 bridgehead atoms. The summed E-state index contributed by atoms with van der Waals surface area (Å²) in [6, 6.07) is 8.30. The van der Waals surface area contributed by atoms with Crippen LogP contribution in [0, 0.1) is 0 Å². The van der Waals surface area contributed by atoms with Crippen molar-refractivity contribution in [3.8, 4) is 0 Å². The van der Waals surface area contributed by atoms with Crippen LogP contribution in [-0.4, -0.2) is 17.1 Å². The lowest BCUT2D eigenvalue weighted by Gasteiger charge is -2.16. The molecule has 0 aliphatic carbocycles. The van der Waals surface area contributed by atoms with E-state index in [-0.39, 0.29) is 5.84 Å². The minimum atomic E-state index is 0.150. The molecule has 4 heteroatoms. The number of amidine groups is 1. The lowest BCUT2D eigenvalue weighted by Crippen LogP contribution is -2.27. The minimum Gasteiger partial charge on any atom is -0.409 e. The first-order valence-corrected chi connectivity index (χ1v) is 6.51. The predicted molar refractivity (Wildman–Crippen MR) is 74.8 cm³/mol. The molecule has 0 aliphatic heterocycles. The molecule has 4 N–H and O–H groups in total. The van der Waals surface area contributed by atoms with Crippen molar-refractivity contribution in [2.75, 3.05) is 0 Å². The van der Waals surface area contributed by atoms with Crippen molar-refractivity contribution in [1.82, 2.24) is 5.32 Å². The van der Waals surface area contributed by atoms with Gasteiger partial charge in [0.2, 0.25) is 0 Å². The highest BCUT2D eigenvalue weighted by molar-refractivity contribution is 5.97. The Morgan fingerprint density at radius 3 is 2.83 bits per heavy atom. The lowest BCUT2D eigenvalue weighted by molar-refractivity contribution is 0.318. The highest BCUT2D eigenvalue weighted by Gasteiger charge is 2.05. The summed E-state index contributed by atoms with van der Waals surface area (Å²) in [6.45, 7) is 5.20. The van der Waals surface area contributed by atoms with E-state index in [0.717, 1.165) is 24.1 Å². The van der Waals surface area contributed by atoms with Crippen molar-refractivity contribution in [3.05, 3.63) is 35.4 Å². The SMILES string of the molecule is CCCC(CC)NCc1cccc(/C(N)=N/O)c1. The van der Waals surface area contributed by atoms with Gasteiger partial charge in [-0.2, -0.15) is 0 Å². The first-order valence-electron chi connectivity index (χ1n) is 6.51. The van der Waals surface area contributed by atoms with Crippen LogP contribution in [0.25, 0.3) is 0 Å². The van der Waals surface area contributed by atoms with Crippen LogP contribution >= 0.6 is 0 Å². The Labute approximate surface area is 109 Å². The average molecular weight is 249 g/mol. The van der Waals surface area contributed by atoms with Gasteiger partial charge in [0.05, 0.1) is 0 Å². The molecule has 0 fully saturated rings. The molecule has 1 unspecified atom stereocenters. The maximum atomic E-state index is 8.65. The molecule has 1 rings (SSSR count). The second kappa shape index (κ2) is 7.71. The molecule has 0 aromatic heterocycles. The van der Waals surface area contributed by atoms with E-state index >= 15 is 0 Å². The number of benzene rings is 1. The zero-order valence-electron chi connectivity index (χ0n) is 11.2. The third-order valence-corrected chi connectivity index (χ3v) is 3.06. The van der Waals surface area contributed by atoms with Gasteiger partial charge in [-0.25, -0.2) is 0 Å². The van der Waals surface area contributed by atoms with Gasteiger partial charge in [-0.1, -0.05) is 43.6 Å². The van der Waals surface area contributed by atoms with Gasteiger partial charge in [0, 0.05) is 18.2 Å². The van der Waals surface area contributed by atoms with Gasteiger partial charge in [0.1, 0.15) is 0 Å². The Morgan fingerprint density at radius 2 is 2.22 bits per heavy atom.